The highest BCUT2D eigenvalue weighted by molar-refractivity contribution is 7.10. The van der Waals surface area contributed by atoms with Crippen molar-refractivity contribution < 1.29 is 4.39 Å². The molecule has 0 aliphatic carbocycles. The van der Waals surface area contributed by atoms with Crippen molar-refractivity contribution in [3.63, 3.8) is 0 Å². The fourth-order valence-corrected chi connectivity index (χ4v) is 3.79. The van der Waals surface area contributed by atoms with Gasteiger partial charge in [-0.25, -0.2) is 4.39 Å². The molecule has 1 aliphatic rings. The lowest BCUT2D eigenvalue weighted by atomic mass is 9.93. The largest absolute Gasteiger partial charge is 0.327 e. The second-order valence-electron chi connectivity index (χ2n) is 5.49. The molecule has 2 aromatic rings. The van der Waals surface area contributed by atoms with Crippen molar-refractivity contribution in [2.24, 2.45) is 5.73 Å². The molecule has 2 nitrogen and oxygen atoms in total. The Morgan fingerprint density at radius 2 is 2.05 bits per heavy atom. The van der Waals surface area contributed by atoms with Gasteiger partial charge in [-0.3, -0.25) is 4.90 Å². The van der Waals surface area contributed by atoms with Gasteiger partial charge in [0, 0.05) is 42.0 Å². The zero-order valence-corrected chi connectivity index (χ0v) is 12.2. The maximum atomic E-state index is 13.8. The summed E-state index contributed by atoms with van der Waals surface area (Å²) in [5, 5.41) is 2.11. The van der Waals surface area contributed by atoms with E-state index in [2.05, 4.69) is 22.4 Å². The lowest BCUT2D eigenvalue weighted by Crippen LogP contribution is -2.45. The SMILES string of the molecule is NC1CC(c2cccs2)CN(Cc2ccccc2F)C1. The number of thiophene rings is 1. The van der Waals surface area contributed by atoms with Crippen LogP contribution < -0.4 is 5.73 Å². The van der Waals surface area contributed by atoms with E-state index in [1.807, 2.05) is 12.1 Å². The summed E-state index contributed by atoms with van der Waals surface area (Å²) >= 11 is 1.79. The van der Waals surface area contributed by atoms with Gasteiger partial charge in [-0.2, -0.15) is 0 Å². The van der Waals surface area contributed by atoms with E-state index in [1.165, 1.54) is 10.9 Å². The molecular formula is C16H19FN2S. The molecule has 1 aromatic heterocycles. The van der Waals surface area contributed by atoms with Crippen LogP contribution in [0, 0.1) is 5.82 Å². The quantitative estimate of drug-likeness (QED) is 0.940. The summed E-state index contributed by atoms with van der Waals surface area (Å²) in [6.45, 7) is 2.45. The molecule has 1 aromatic carbocycles. The van der Waals surface area contributed by atoms with Gasteiger partial charge in [0.05, 0.1) is 0 Å². The molecule has 2 atom stereocenters. The Kier molecular flexibility index (Phi) is 4.15. The lowest BCUT2D eigenvalue weighted by molar-refractivity contribution is 0.180. The normalized spacial score (nSPS) is 23.9. The summed E-state index contributed by atoms with van der Waals surface area (Å²) in [7, 11) is 0. The molecule has 106 valence electrons. The van der Waals surface area contributed by atoms with Crippen molar-refractivity contribution in [2.75, 3.05) is 13.1 Å². The van der Waals surface area contributed by atoms with Gasteiger partial charge in [-0.15, -0.1) is 11.3 Å². The first kappa shape index (κ1) is 13.7. The third-order valence-corrected chi connectivity index (χ3v) is 4.89. The zero-order chi connectivity index (χ0) is 13.9. The summed E-state index contributed by atoms with van der Waals surface area (Å²) in [5.41, 5.74) is 6.94. The molecule has 0 saturated carbocycles. The fourth-order valence-electron chi connectivity index (χ4n) is 2.96. The summed E-state index contributed by atoms with van der Waals surface area (Å²) in [6, 6.07) is 11.4. The highest BCUT2D eigenvalue weighted by Gasteiger charge is 2.27. The molecule has 0 spiro atoms. The topological polar surface area (TPSA) is 29.3 Å². The van der Waals surface area contributed by atoms with Gasteiger partial charge in [0.2, 0.25) is 0 Å². The van der Waals surface area contributed by atoms with Gasteiger partial charge >= 0.3 is 0 Å². The van der Waals surface area contributed by atoms with Gasteiger partial charge in [0.15, 0.2) is 0 Å². The first-order valence-corrected chi connectivity index (χ1v) is 7.85. The molecule has 2 N–H and O–H groups in total. The van der Waals surface area contributed by atoms with Crippen molar-refractivity contribution in [1.82, 2.24) is 4.90 Å². The van der Waals surface area contributed by atoms with Crippen LogP contribution in [-0.4, -0.2) is 24.0 Å². The van der Waals surface area contributed by atoms with E-state index in [1.54, 1.807) is 17.4 Å². The van der Waals surface area contributed by atoms with E-state index in [4.69, 9.17) is 5.73 Å². The minimum absolute atomic E-state index is 0.126. The van der Waals surface area contributed by atoms with Gasteiger partial charge < -0.3 is 5.73 Å². The molecule has 1 saturated heterocycles. The van der Waals surface area contributed by atoms with Crippen LogP contribution in [0.5, 0.6) is 0 Å². The van der Waals surface area contributed by atoms with Gasteiger partial charge in [-0.1, -0.05) is 24.3 Å². The highest BCUT2D eigenvalue weighted by Crippen LogP contribution is 2.30. The fraction of sp³-hybridized carbons (Fsp3) is 0.375. The van der Waals surface area contributed by atoms with E-state index < -0.39 is 0 Å². The maximum Gasteiger partial charge on any atom is 0.127 e. The Labute approximate surface area is 123 Å². The minimum Gasteiger partial charge on any atom is -0.327 e. The predicted octanol–water partition coefficient (Wildman–Crippen LogP) is 3.20. The number of nitrogens with two attached hydrogens (primary N) is 1. The van der Waals surface area contributed by atoms with E-state index in [-0.39, 0.29) is 11.9 Å². The van der Waals surface area contributed by atoms with Gasteiger partial charge in [0.1, 0.15) is 5.82 Å². The predicted molar refractivity (Wildman–Crippen MR) is 81.3 cm³/mol. The smallest absolute Gasteiger partial charge is 0.127 e. The number of halogens is 1. The zero-order valence-electron chi connectivity index (χ0n) is 11.3. The van der Waals surface area contributed by atoms with Gasteiger partial charge in [-0.05, 0) is 23.9 Å². The highest BCUT2D eigenvalue weighted by atomic mass is 32.1. The number of nitrogens with zero attached hydrogens (tertiary/aromatic N) is 1. The van der Waals surface area contributed by atoms with E-state index >= 15 is 0 Å². The van der Waals surface area contributed by atoms with E-state index in [9.17, 15) is 4.39 Å². The molecule has 0 bridgehead atoms. The Morgan fingerprint density at radius 1 is 1.20 bits per heavy atom. The summed E-state index contributed by atoms with van der Waals surface area (Å²) in [6.07, 6.45) is 1.02. The van der Waals surface area contributed by atoms with Gasteiger partial charge in [0.25, 0.3) is 0 Å². The number of hydrogen-bond acceptors (Lipinski definition) is 3. The maximum absolute atomic E-state index is 13.8. The number of piperidine rings is 1. The Bertz CT molecular complexity index is 555. The third-order valence-electron chi connectivity index (χ3n) is 3.86. The first-order chi connectivity index (χ1) is 9.72. The molecule has 4 heteroatoms. The summed E-state index contributed by atoms with van der Waals surface area (Å²) in [4.78, 5) is 3.66. The average Bonchev–Trinajstić information content (AvgIpc) is 2.95. The van der Waals surface area contributed by atoms with Crippen LogP contribution in [0.2, 0.25) is 0 Å². The van der Waals surface area contributed by atoms with E-state index in [0.29, 0.717) is 12.5 Å². The van der Waals surface area contributed by atoms with Crippen LogP contribution in [0.3, 0.4) is 0 Å². The molecule has 1 aliphatic heterocycles. The Balaban J connectivity index is 1.72. The van der Waals surface area contributed by atoms with Crippen molar-refractivity contribution in [3.8, 4) is 0 Å². The Morgan fingerprint density at radius 3 is 2.80 bits per heavy atom. The second kappa shape index (κ2) is 6.04. The molecular weight excluding hydrogens is 271 g/mol. The van der Waals surface area contributed by atoms with Crippen molar-refractivity contribution >= 4 is 11.3 Å². The average molecular weight is 290 g/mol. The molecule has 2 unspecified atom stereocenters. The second-order valence-corrected chi connectivity index (χ2v) is 6.47. The molecule has 20 heavy (non-hydrogen) atoms. The van der Waals surface area contributed by atoms with Crippen LogP contribution in [0.4, 0.5) is 4.39 Å². The van der Waals surface area contributed by atoms with E-state index in [0.717, 1.165) is 25.1 Å². The van der Waals surface area contributed by atoms with Crippen molar-refractivity contribution in [2.45, 2.75) is 24.9 Å². The third kappa shape index (κ3) is 3.08. The van der Waals surface area contributed by atoms with Crippen molar-refractivity contribution in [1.29, 1.82) is 0 Å². The number of rotatable bonds is 3. The molecule has 1 fully saturated rings. The van der Waals surface area contributed by atoms with Crippen LogP contribution >= 0.6 is 11.3 Å². The molecule has 3 rings (SSSR count). The molecule has 2 heterocycles. The lowest BCUT2D eigenvalue weighted by Gasteiger charge is -2.36. The van der Waals surface area contributed by atoms with Crippen LogP contribution in [-0.2, 0) is 6.54 Å². The number of likely N-dealkylation sites (tertiary alicyclic amines) is 1. The first-order valence-electron chi connectivity index (χ1n) is 6.97. The Hall–Kier alpha value is -1.23. The number of benzene rings is 1. The minimum atomic E-state index is -0.126. The molecule has 0 amide bonds. The number of hydrogen-bond donors (Lipinski definition) is 1. The standard InChI is InChI=1S/C16H19FN2S/c17-15-5-2-1-4-12(15)9-19-10-13(8-14(18)11-19)16-6-3-7-20-16/h1-7,13-14H,8-11,18H2. The summed E-state index contributed by atoms with van der Waals surface area (Å²) in [5.74, 6) is 0.352. The summed E-state index contributed by atoms with van der Waals surface area (Å²) < 4.78 is 13.8. The van der Waals surface area contributed by atoms with Crippen LogP contribution in [0.1, 0.15) is 22.8 Å². The van der Waals surface area contributed by atoms with Crippen LogP contribution in [0.15, 0.2) is 41.8 Å². The monoisotopic (exact) mass is 290 g/mol. The van der Waals surface area contributed by atoms with Crippen LogP contribution in [0.25, 0.3) is 0 Å². The molecule has 0 radical (unpaired) electrons. The van der Waals surface area contributed by atoms with Crippen molar-refractivity contribution in [3.05, 3.63) is 58.0 Å².